The van der Waals surface area contributed by atoms with Crippen LogP contribution in [0.3, 0.4) is 0 Å². The largest absolute Gasteiger partial charge is 0.312 e. The van der Waals surface area contributed by atoms with Crippen molar-refractivity contribution in [1.29, 1.82) is 0 Å². The number of nitrogens with zero attached hydrogens (tertiary/aromatic N) is 1. The van der Waals surface area contributed by atoms with E-state index >= 15 is 0 Å². The zero-order chi connectivity index (χ0) is 7.68. The van der Waals surface area contributed by atoms with Gasteiger partial charge in [0.15, 0.2) is 0 Å². The Bertz CT molecular complexity index is 136. The second-order valence-electron chi connectivity index (χ2n) is 3.54. The number of nitrogens with one attached hydrogen (secondary N) is 1. The van der Waals surface area contributed by atoms with E-state index in [1.54, 1.807) is 0 Å². The molecule has 64 valence electrons. The standard InChI is InChI=1S/C8H16N2S/c1-7-4-10(3-2-9-7)8-5-11-6-8/h7-9H,2-6H2,1H3. The fourth-order valence-electron chi connectivity index (χ4n) is 1.73. The molecule has 0 aromatic rings. The van der Waals surface area contributed by atoms with E-state index in [0.717, 1.165) is 6.04 Å². The Morgan fingerprint density at radius 1 is 1.45 bits per heavy atom. The van der Waals surface area contributed by atoms with E-state index in [2.05, 4.69) is 28.9 Å². The molecule has 0 aromatic carbocycles. The van der Waals surface area contributed by atoms with Crippen LogP contribution in [0.5, 0.6) is 0 Å². The highest BCUT2D eigenvalue weighted by molar-refractivity contribution is 8.00. The number of piperazine rings is 1. The quantitative estimate of drug-likeness (QED) is 0.616. The van der Waals surface area contributed by atoms with E-state index in [1.807, 2.05) is 0 Å². The van der Waals surface area contributed by atoms with Crippen molar-refractivity contribution in [2.24, 2.45) is 0 Å². The Hall–Kier alpha value is 0.270. The van der Waals surface area contributed by atoms with Crippen molar-refractivity contribution < 1.29 is 0 Å². The molecule has 2 aliphatic heterocycles. The fourth-order valence-corrected chi connectivity index (χ4v) is 2.60. The van der Waals surface area contributed by atoms with Gasteiger partial charge in [0.2, 0.25) is 0 Å². The van der Waals surface area contributed by atoms with Crippen LogP contribution >= 0.6 is 11.8 Å². The molecule has 11 heavy (non-hydrogen) atoms. The number of thioether (sulfide) groups is 1. The molecule has 1 unspecified atom stereocenters. The third-order valence-electron chi connectivity index (χ3n) is 2.54. The van der Waals surface area contributed by atoms with Crippen LogP contribution in [-0.2, 0) is 0 Å². The summed E-state index contributed by atoms with van der Waals surface area (Å²) in [4.78, 5) is 2.64. The molecule has 2 rings (SSSR count). The summed E-state index contributed by atoms with van der Waals surface area (Å²) < 4.78 is 0. The molecular formula is C8H16N2S. The first-order valence-corrected chi connectivity index (χ1v) is 5.57. The van der Waals surface area contributed by atoms with Crippen molar-refractivity contribution in [3.05, 3.63) is 0 Å². The molecule has 1 N–H and O–H groups in total. The lowest BCUT2D eigenvalue weighted by molar-refractivity contribution is 0.167. The van der Waals surface area contributed by atoms with Crippen molar-refractivity contribution in [1.82, 2.24) is 10.2 Å². The molecule has 2 nitrogen and oxygen atoms in total. The molecule has 0 spiro atoms. The van der Waals surface area contributed by atoms with Gasteiger partial charge < -0.3 is 5.32 Å². The molecule has 0 amide bonds. The summed E-state index contributed by atoms with van der Waals surface area (Å²) in [6.45, 7) is 5.97. The predicted octanol–water partition coefficient (Wildman–Crippen LogP) is 0.396. The van der Waals surface area contributed by atoms with E-state index in [-0.39, 0.29) is 0 Å². The van der Waals surface area contributed by atoms with E-state index < -0.39 is 0 Å². The van der Waals surface area contributed by atoms with Crippen LogP contribution in [0.25, 0.3) is 0 Å². The summed E-state index contributed by atoms with van der Waals surface area (Å²) in [5, 5.41) is 3.47. The van der Waals surface area contributed by atoms with Gasteiger partial charge in [0, 0.05) is 43.2 Å². The van der Waals surface area contributed by atoms with E-state index in [1.165, 1.54) is 31.1 Å². The summed E-state index contributed by atoms with van der Waals surface area (Å²) in [5.41, 5.74) is 0. The highest BCUT2D eigenvalue weighted by Gasteiger charge is 2.27. The molecule has 2 heterocycles. The Kier molecular flexibility index (Phi) is 2.39. The monoisotopic (exact) mass is 172 g/mol. The Morgan fingerprint density at radius 3 is 2.82 bits per heavy atom. The molecule has 0 radical (unpaired) electrons. The summed E-state index contributed by atoms with van der Waals surface area (Å²) in [7, 11) is 0. The minimum absolute atomic E-state index is 0.703. The van der Waals surface area contributed by atoms with Crippen molar-refractivity contribution in [2.75, 3.05) is 31.1 Å². The van der Waals surface area contributed by atoms with E-state index in [4.69, 9.17) is 0 Å². The first kappa shape index (κ1) is 7.90. The topological polar surface area (TPSA) is 15.3 Å². The van der Waals surface area contributed by atoms with Crippen molar-refractivity contribution >= 4 is 11.8 Å². The van der Waals surface area contributed by atoms with Gasteiger partial charge in [-0.3, -0.25) is 4.90 Å². The zero-order valence-electron chi connectivity index (χ0n) is 7.05. The summed E-state index contributed by atoms with van der Waals surface area (Å²) >= 11 is 2.08. The van der Waals surface area contributed by atoms with Gasteiger partial charge in [0.05, 0.1) is 0 Å². The van der Waals surface area contributed by atoms with Gasteiger partial charge in [-0.2, -0.15) is 11.8 Å². The van der Waals surface area contributed by atoms with Crippen LogP contribution in [0, 0.1) is 0 Å². The van der Waals surface area contributed by atoms with Crippen LogP contribution in [0.1, 0.15) is 6.92 Å². The van der Waals surface area contributed by atoms with Gasteiger partial charge in [-0.05, 0) is 6.92 Å². The van der Waals surface area contributed by atoms with Gasteiger partial charge in [-0.15, -0.1) is 0 Å². The van der Waals surface area contributed by atoms with Crippen LogP contribution in [0.15, 0.2) is 0 Å². The zero-order valence-corrected chi connectivity index (χ0v) is 7.86. The second kappa shape index (κ2) is 3.33. The number of hydrogen-bond donors (Lipinski definition) is 1. The van der Waals surface area contributed by atoms with Crippen molar-refractivity contribution in [3.8, 4) is 0 Å². The molecule has 2 fully saturated rings. The predicted molar refractivity (Wildman–Crippen MR) is 50.2 cm³/mol. The lowest BCUT2D eigenvalue weighted by atomic mass is 10.2. The minimum Gasteiger partial charge on any atom is -0.312 e. The number of hydrogen-bond acceptors (Lipinski definition) is 3. The normalized spacial score (nSPS) is 35.2. The highest BCUT2D eigenvalue weighted by atomic mass is 32.2. The SMILES string of the molecule is CC1CN(C2CSC2)CCN1. The first-order valence-electron chi connectivity index (χ1n) is 4.41. The molecule has 0 saturated carbocycles. The van der Waals surface area contributed by atoms with Gasteiger partial charge in [0.25, 0.3) is 0 Å². The van der Waals surface area contributed by atoms with Crippen LogP contribution < -0.4 is 5.32 Å². The first-order chi connectivity index (χ1) is 5.36. The molecule has 0 aromatic heterocycles. The lowest BCUT2D eigenvalue weighted by Gasteiger charge is -2.41. The molecular weight excluding hydrogens is 156 g/mol. The number of rotatable bonds is 1. The average molecular weight is 172 g/mol. The Balaban J connectivity index is 1.82. The van der Waals surface area contributed by atoms with Gasteiger partial charge >= 0.3 is 0 Å². The smallest absolute Gasteiger partial charge is 0.0278 e. The van der Waals surface area contributed by atoms with Crippen LogP contribution in [0.2, 0.25) is 0 Å². The maximum absolute atomic E-state index is 3.47. The van der Waals surface area contributed by atoms with Gasteiger partial charge in [0.1, 0.15) is 0 Å². The second-order valence-corrected chi connectivity index (χ2v) is 4.62. The molecule has 0 aliphatic carbocycles. The lowest BCUT2D eigenvalue weighted by Crippen LogP contribution is -2.56. The minimum atomic E-state index is 0.703. The molecule has 1 atom stereocenters. The van der Waals surface area contributed by atoms with E-state index in [9.17, 15) is 0 Å². The maximum Gasteiger partial charge on any atom is 0.0278 e. The summed E-state index contributed by atoms with van der Waals surface area (Å²) in [6, 6.07) is 1.61. The molecule has 2 saturated heterocycles. The molecule has 2 aliphatic rings. The summed E-state index contributed by atoms with van der Waals surface area (Å²) in [6.07, 6.45) is 0. The highest BCUT2D eigenvalue weighted by Crippen LogP contribution is 2.23. The summed E-state index contributed by atoms with van der Waals surface area (Å²) in [5.74, 6) is 2.74. The van der Waals surface area contributed by atoms with Gasteiger partial charge in [-0.1, -0.05) is 0 Å². The maximum atomic E-state index is 3.47. The molecule has 0 bridgehead atoms. The third-order valence-corrected chi connectivity index (χ3v) is 3.78. The van der Waals surface area contributed by atoms with Crippen molar-refractivity contribution in [3.63, 3.8) is 0 Å². The average Bonchev–Trinajstić information content (AvgIpc) is 1.83. The Labute approximate surface area is 72.7 Å². The van der Waals surface area contributed by atoms with Crippen LogP contribution in [-0.4, -0.2) is 48.1 Å². The fraction of sp³-hybridized carbons (Fsp3) is 1.00. The molecule has 3 heteroatoms. The van der Waals surface area contributed by atoms with Crippen LogP contribution in [0.4, 0.5) is 0 Å². The van der Waals surface area contributed by atoms with Crippen molar-refractivity contribution in [2.45, 2.75) is 19.0 Å². The third kappa shape index (κ3) is 1.71. The van der Waals surface area contributed by atoms with E-state index in [0.29, 0.717) is 6.04 Å². The van der Waals surface area contributed by atoms with Gasteiger partial charge in [-0.25, -0.2) is 0 Å². The Morgan fingerprint density at radius 2 is 2.27 bits per heavy atom.